The number of nitrogens with zero attached hydrogens (tertiary/aromatic N) is 1. The van der Waals surface area contributed by atoms with Crippen molar-refractivity contribution in [3.05, 3.63) is 71.8 Å². The monoisotopic (exact) mass is 396 g/mol. The minimum Gasteiger partial charge on any atom is -0.481 e. The van der Waals surface area contributed by atoms with E-state index in [1.165, 1.54) is 0 Å². The van der Waals surface area contributed by atoms with Crippen molar-refractivity contribution in [2.75, 3.05) is 19.8 Å². The number of nitrogens with one attached hydrogen (secondary N) is 1. The number of rotatable bonds is 8. The standard InChI is InChI=1S/C23H28N2O4/c26-22(27)12-11-20(15-18-7-3-1-4-8-18)24-23(28)25-13-14-29-17-21(25)16-19-9-5-2-6-10-19/h1-10,20-21H,11-17H2,(H,24,28)(H,26,27). The molecule has 1 aliphatic heterocycles. The predicted molar refractivity (Wildman–Crippen MR) is 111 cm³/mol. The summed E-state index contributed by atoms with van der Waals surface area (Å²) in [6.45, 7) is 1.54. The average molecular weight is 396 g/mol. The summed E-state index contributed by atoms with van der Waals surface area (Å²) < 4.78 is 5.61. The highest BCUT2D eigenvalue weighted by Gasteiger charge is 2.29. The number of carbonyl (C=O) groups is 2. The molecule has 2 amide bonds. The summed E-state index contributed by atoms with van der Waals surface area (Å²) in [5, 5.41) is 12.2. The summed E-state index contributed by atoms with van der Waals surface area (Å²) in [5.41, 5.74) is 2.23. The SMILES string of the molecule is O=C(O)CCC(Cc1ccccc1)NC(=O)N1CCOCC1Cc1ccccc1. The van der Waals surface area contributed by atoms with Crippen LogP contribution in [0.25, 0.3) is 0 Å². The first kappa shape index (κ1) is 20.9. The van der Waals surface area contributed by atoms with Crippen LogP contribution in [0.4, 0.5) is 4.79 Å². The summed E-state index contributed by atoms with van der Waals surface area (Å²) >= 11 is 0. The number of hydrogen-bond donors (Lipinski definition) is 2. The maximum absolute atomic E-state index is 13.1. The molecule has 1 fully saturated rings. The van der Waals surface area contributed by atoms with Crippen LogP contribution in [0.15, 0.2) is 60.7 Å². The van der Waals surface area contributed by atoms with E-state index in [-0.39, 0.29) is 24.5 Å². The Morgan fingerprint density at radius 2 is 1.72 bits per heavy atom. The molecule has 1 aliphatic rings. The van der Waals surface area contributed by atoms with Crippen molar-refractivity contribution in [2.45, 2.75) is 37.8 Å². The zero-order valence-electron chi connectivity index (χ0n) is 16.5. The summed E-state index contributed by atoms with van der Waals surface area (Å²) in [6.07, 6.45) is 1.75. The molecule has 1 heterocycles. The number of amides is 2. The van der Waals surface area contributed by atoms with Gasteiger partial charge in [-0.1, -0.05) is 60.7 Å². The van der Waals surface area contributed by atoms with Crippen LogP contribution in [-0.4, -0.2) is 53.8 Å². The summed E-state index contributed by atoms with van der Waals surface area (Å²) in [5.74, 6) is -0.856. The van der Waals surface area contributed by atoms with Crippen LogP contribution < -0.4 is 5.32 Å². The molecule has 0 saturated carbocycles. The molecule has 154 valence electrons. The zero-order valence-corrected chi connectivity index (χ0v) is 16.5. The fraction of sp³-hybridized carbons (Fsp3) is 0.391. The Kier molecular flexibility index (Phi) is 7.64. The molecule has 2 N–H and O–H groups in total. The molecule has 0 bridgehead atoms. The third-order valence-corrected chi connectivity index (χ3v) is 5.16. The molecule has 3 rings (SSSR count). The molecule has 0 aliphatic carbocycles. The lowest BCUT2D eigenvalue weighted by molar-refractivity contribution is -0.137. The van der Waals surface area contributed by atoms with E-state index in [4.69, 9.17) is 9.84 Å². The van der Waals surface area contributed by atoms with Crippen LogP contribution in [0.5, 0.6) is 0 Å². The maximum atomic E-state index is 13.1. The Balaban J connectivity index is 1.66. The first-order valence-corrected chi connectivity index (χ1v) is 10.1. The Morgan fingerprint density at radius 3 is 2.38 bits per heavy atom. The normalized spacial score (nSPS) is 17.5. The van der Waals surface area contributed by atoms with Gasteiger partial charge in [-0.15, -0.1) is 0 Å². The molecule has 6 heteroatoms. The van der Waals surface area contributed by atoms with Crippen molar-refractivity contribution in [3.63, 3.8) is 0 Å². The minimum absolute atomic E-state index is 0.0222. The number of ether oxygens (including phenoxy) is 1. The van der Waals surface area contributed by atoms with Gasteiger partial charge in [0.1, 0.15) is 0 Å². The van der Waals surface area contributed by atoms with E-state index in [2.05, 4.69) is 17.4 Å². The molecule has 29 heavy (non-hydrogen) atoms. The van der Waals surface area contributed by atoms with Crippen LogP contribution >= 0.6 is 0 Å². The van der Waals surface area contributed by atoms with Gasteiger partial charge in [0.25, 0.3) is 0 Å². The number of carbonyl (C=O) groups excluding carboxylic acids is 1. The summed E-state index contributed by atoms with van der Waals surface area (Å²) in [7, 11) is 0. The molecule has 2 aromatic carbocycles. The molecule has 0 radical (unpaired) electrons. The summed E-state index contributed by atoms with van der Waals surface area (Å²) in [4.78, 5) is 25.9. The first-order chi connectivity index (χ1) is 14.1. The lowest BCUT2D eigenvalue weighted by atomic mass is 10.0. The summed E-state index contributed by atoms with van der Waals surface area (Å²) in [6, 6.07) is 19.5. The highest BCUT2D eigenvalue weighted by molar-refractivity contribution is 5.75. The van der Waals surface area contributed by atoms with E-state index in [0.29, 0.717) is 32.6 Å². The molecule has 2 aromatic rings. The first-order valence-electron chi connectivity index (χ1n) is 10.1. The number of morpholine rings is 1. The highest BCUT2D eigenvalue weighted by atomic mass is 16.5. The number of carboxylic acids is 1. The molecule has 2 atom stereocenters. The van der Waals surface area contributed by atoms with Crippen molar-refractivity contribution in [2.24, 2.45) is 0 Å². The molecule has 0 spiro atoms. The Morgan fingerprint density at radius 1 is 1.07 bits per heavy atom. The van der Waals surface area contributed by atoms with Gasteiger partial charge in [-0.25, -0.2) is 4.79 Å². The third kappa shape index (κ3) is 6.61. The number of aliphatic carboxylic acids is 1. The van der Waals surface area contributed by atoms with Gasteiger partial charge < -0.3 is 20.1 Å². The largest absolute Gasteiger partial charge is 0.481 e. The quantitative estimate of drug-likeness (QED) is 0.719. The zero-order chi connectivity index (χ0) is 20.5. The van der Waals surface area contributed by atoms with Gasteiger partial charge in [0, 0.05) is 19.0 Å². The van der Waals surface area contributed by atoms with E-state index in [9.17, 15) is 9.59 Å². The van der Waals surface area contributed by atoms with Crippen molar-refractivity contribution in [1.29, 1.82) is 0 Å². The lowest BCUT2D eigenvalue weighted by Crippen LogP contribution is -2.55. The minimum atomic E-state index is -0.856. The smallest absolute Gasteiger partial charge is 0.318 e. The van der Waals surface area contributed by atoms with Gasteiger partial charge in [0.05, 0.1) is 19.3 Å². The fourth-order valence-electron chi connectivity index (χ4n) is 3.66. The topological polar surface area (TPSA) is 78.9 Å². The van der Waals surface area contributed by atoms with E-state index in [1.54, 1.807) is 0 Å². The van der Waals surface area contributed by atoms with E-state index >= 15 is 0 Å². The Labute approximate surface area is 171 Å². The number of carboxylic acid groups (broad SMARTS) is 1. The van der Waals surface area contributed by atoms with Crippen LogP contribution in [-0.2, 0) is 22.4 Å². The number of benzene rings is 2. The molecular weight excluding hydrogens is 368 g/mol. The van der Waals surface area contributed by atoms with Crippen molar-refractivity contribution >= 4 is 12.0 Å². The second kappa shape index (κ2) is 10.6. The average Bonchev–Trinajstić information content (AvgIpc) is 2.74. The Bertz CT molecular complexity index is 782. The van der Waals surface area contributed by atoms with Gasteiger partial charge >= 0.3 is 12.0 Å². The maximum Gasteiger partial charge on any atom is 0.318 e. The third-order valence-electron chi connectivity index (χ3n) is 5.16. The van der Waals surface area contributed by atoms with Crippen LogP contribution in [0.1, 0.15) is 24.0 Å². The molecule has 6 nitrogen and oxygen atoms in total. The van der Waals surface area contributed by atoms with Gasteiger partial charge in [0.15, 0.2) is 0 Å². The number of urea groups is 1. The van der Waals surface area contributed by atoms with Crippen LogP contribution in [0, 0.1) is 0 Å². The van der Waals surface area contributed by atoms with Gasteiger partial charge in [-0.05, 0) is 30.4 Å². The van der Waals surface area contributed by atoms with Crippen molar-refractivity contribution in [3.8, 4) is 0 Å². The lowest BCUT2D eigenvalue weighted by Gasteiger charge is -2.36. The van der Waals surface area contributed by atoms with E-state index in [1.807, 2.05) is 53.4 Å². The second-order valence-electron chi connectivity index (χ2n) is 7.38. The molecule has 2 unspecified atom stereocenters. The van der Waals surface area contributed by atoms with Crippen molar-refractivity contribution in [1.82, 2.24) is 10.2 Å². The highest BCUT2D eigenvalue weighted by Crippen LogP contribution is 2.15. The van der Waals surface area contributed by atoms with Gasteiger partial charge in [0.2, 0.25) is 0 Å². The van der Waals surface area contributed by atoms with Gasteiger partial charge in [-0.3, -0.25) is 4.79 Å². The van der Waals surface area contributed by atoms with E-state index < -0.39 is 5.97 Å². The van der Waals surface area contributed by atoms with Crippen LogP contribution in [0.3, 0.4) is 0 Å². The van der Waals surface area contributed by atoms with E-state index in [0.717, 1.165) is 17.5 Å². The fourth-order valence-corrected chi connectivity index (χ4v) is 3.66. The van der Waals surface area contributed by atoms with Crippen LogP contribution in [0.2, 0.25) is 0 Å². The molecule has 1 saturated heterocycles. The Hall–Kier alpha value is -2.86. The second-order valence-corrected chi connectivity index (χ2v) is 7.38. The number of hydrogen-bond acceptors (Lipinski definition) is 3. The van der Waals surface area contributed by atoms with Crippen molar-refractivity contribution < 1.29 is 19.4 Å². The molecular formula is C23H28N2O4. The van der Waals surface area contributed by atoms with Gasteiger partial charge in [-0.2, -0.15) is 0 Å². The predicted octanol–water partition coefficient (Wildman–Crippen LogP) is 3.12. The molecule has 0 aromatic heterocycles.